The number of carboxylic acid groups (broad SMARTS) is 1. The van der Waals surface area contributed by atoms with Crippen molar-refractivity contribution in [2.75, 3.05) is 0 Å². The third-order valence-corrected chi connectivity index (χ3v) is 5.00. The molecule has 0 spiro atoms. The molecular weight excluding hydrogens is 360 g/mol. The molecule has 1 aliphatic rings. The predicted molar refractivity (Wildman–Crippen MR) is 108 cm³/mol. The maximum atomic E-state index is 12.2. The van der Waals surface area contributed by atoms with Crippen LogP contribution in [-0.4, -0.2) is 22.2 Å². The maximum Gasteiger partial charge on any atom is 0.335 e. The van der Waals surface area contributed by atoms with Crippen LogP contribution in [-0.2, 0) is 4.79 Å². The van der Waals surface area contributed by atoms with Gasteiger partial charge in [0.1, 0.15) is 0 Å². The van der Waals surface area contributed by atoms with E-state index in [-0.39, 0.29) is 11.5 Å². The Bertz CT molecular complexity index is 1110. The number of hydrogen-bond donors (Lipinski definition) is 2. The fraction of sp³-hybridized carbons (Fsp3) is 0. The number of amidine groups is 1. The summed E-state index contributed by atoms with van der Waals surface area (Å²) in [6.07, 6.45) is 1.72. The molecule has 0 atom stereocenters. The van der Waals surface area contributed by atoms with Crippen molar-refractivity contribution in [3.8, 4) is 0 Å². The highest BCUT2D eigenvalue weighted by atomic mass is 32.2. The first-order valence-corrected chi connectivity index (χ1v) is 9.02. The molecule has 0 unspecified atom stereocenters. The summed E-state index contributed by atoms with van der Waals surface area (Å²) in [5.74, 6) is -1.20. The van der Waals surface area contributed by atoms with Crippen molar-refractivity contribution in [1.82, 2.24) is 5.32 Å². The van der Waals surface area contributed by atoms with Crippen LogP contribution in [0.25, 0.3) is 16.8 Å². The third-order valence-electron chi connectivity index (χ3n) is 4.09. The van der Waals surface area contributed by atoms with Gasteiger partial charge in [0, 0.05) is 5.39 Å². The Labute approximate surface area is 159 Å². The second-order valence-electron chi connectivity index (χ2n) is 5.91. The van der Waals surface area contributed by atoms with Gasteiger partial charge in [-0.15, -0.1) is 0 Å². The number of aliphatic imine (C=N–C) groups is 1. The quantitative estimate of drug-likeness (QED) is 0.665. The van der Waals surface area contributed by atoms with E-state index in [1.54, 1.807) is 18.2 Å². The molecule has 1 saturated heterocycles. The number of carbonyl (C=O) groups is 2. The molecule has 27 heavy (non-hydrogen) atoms. The van der Waals surface area contributed by atoms with Crippen LogP contribution in [0.2, 0.25) is 0 Å². The number of benzene rings is 3. The summed E-state index contributed by atoms with van der Waals surface area (Å²) in [5, 5.41) is 14.4. The number of thioether (sulfide) groups is 1. The average Bonchev–Trinajstić information content (AvgIpc) is 3.01. The molecule has 2 N–H and O–H groups in total. The highest BCUT2D eigenvalue weighted by molar-refractivity contribution is 8.18. The molecule has 6 heteroatoms. The van der Waals surface area contributed by atoms with E-state index in [1.807, 2.05) is 42.5 Å². The van der Waals surface area contributed by atoms with Gasteiger partial charge in [-0.3, -0.25) is 4.79 Å². The van der Waals surface area contributed by atoms with Crippen molar-refractivity contribution < 1.29 is 14.7 Å². The van der Waals surface area contributed by atoms with Crippen LogP contribution >= 0.6 is 11.8 Å². The van der Waals surface area contributed by atoms with Gasteiger partial charge in [-0.2, -0.15) is 0 Å². The van der Waals surface area contributed by atoms with Crippen LogP contribution in [0.3, 0.4) is 0 Å². The van der Waals surface area contributed by atoms with Gasteiger partial charge in [0.2, 0.25) is 0 Å². The number of hydrogen-bond acceptors (Lipinski definition) is 4. The third kappa shape index (κ3) is 3.61. The first-order valence-electron chi connectivity index (χ1n) is 8.21. The van der Waals surface area contributed by atoms with E-state index in [0.717, 1.165) is 22.0 Å². The van der Waals surface area contributed by atoms with Crippen molar-refractivity contribution in [1.29, 1.82) is 0 Å². The van der Waals surface area contributed by atoms with Crippen LogP contribution in [0, 0.1) is 0 Å². The second kappa shape index (κ2) is 7.09. The van der Waals surface area contributed by atoms with Crippen LogP contribution in [0.1, 0.15) is 15.9 Å². The van der Waals surface area contributed by atoms with Gasteiger partial charge >= 0.3 is 5.97 Å². The fourth-order valence-electron chi connectivity index (χ4n) is 2.77. The van der Waals surface area contributed by atoms with Crippen molar-refractivity contribution in [3.05, 3.63) is 82.8 Å². The van der Waals surface area contributed by atoms with E-state index >= 15 is 0 Å². The number of nitrogens with zero attached hydrogens (tertiary/aromatic N) is 1. The van der Waals surface area contributed by atoms with Gasteiger partial charge < -0.3 is 10.4 Å². The molecule has 4 rings (SSSR count). The molecule has 0 bridgehead atoms. The van der Waals surface area contributed by atoms with Crippen molar-refractivity contribution in [3.63, 3.8) is 0 Å². The highest BCUT2D eigenvalue weighted by Crippen LogP contribution is 2.31. The van der Waals surface area contributed by atoms with E-state index in [1.165, 1.54) is 23.9 Å². The predicted octanol–water partition coefficient (Wildman–Crippen LogP) is 4.43. The molecule has 1 amide bonds. The van der Waals surface area contributed by atoms with Crippen molar-refractivity contribution >= 4 is 51.3 Å². The first kappa shape index (κ1) is 17.1. The number of nitrogens with one attached hydrogen (secondary N) is 1. The van der Waals surface area contributed by atoms with Gasteiger partial charge in [-0.05, 0) is 47.0 Å². The Morgan fingerprint density at radius 2 is 1.74 bits per heavy atom. The zero-order chi connectivity index (χ0) is 18.8. The largest absolute Gasteiger partial charge is 0.478 e. The van der Waals surface area contributed by atoms with Crippen molar-refractivity contribution in [2.45, 2.75) is 0 Å². The van der Waals surface area contributed by atoms with Crippen LogP contribution in [0.4, 0.5) is 5.69 Å². The van der Waals surface area contributed by atoms with Crippen LogP contribution in [0.5, 0.6) is 0 Å². The molecule has 0 saturated carbocycles. The SMILES string of the molecule is O=C1NC(=Nc2cccc3ccccc23)S/C1=C\c1ccc(C(=O)O)cc1. The minimum Gasteiger partial charge on any atom is -0.478 e. The minimum atomic E-state index is -0.980. The molecule has 1 heterocycles. The Hall–Kier alpha value is -3.38. The number of aromatic carboxylic acids is 1. The first-order chi connectivity index (χ1) is 13.1. The van der Waals surface area contributed by atoms with E-state index in [4.69, 9.17) is 5.11 Å². The number of carboxylic acids is 1. The second-order valence-corrected chi connectivity index (χ2v) is 6.94. The summed E-state index contributed by atoms with van der Waals surface area (Å²) in [7, 11) is 0. The van der Waals surface area contributed by atoms with Gasteiger partial charge in [-0.25, -0.2) is 9.79 Å². The Morgan fingerprint density at radius 3 is 2.52 bits per heavy atom. The molecular formula is C21H14N2O3S. The number of carbonyl (C=O) groups excluding carboxylic acids is 1. The minimum absolute atomic E-state index is 0.207. The number of amides is 1. The lowest BCUT2D eigenvalue weighted by Gasteiger charge is -2.02. The van der Waals surface area contributed by atoms with Crippen LogP contribution in [0.15, 0.2) is 76.6 Å². The van der Waals surface area contributed by atoms with E-state index < -0.39 is 5.97 Å². The number of rotatable bonds is 3. The summed E-state index contributed by atoms with van der Waals surface area (Å²) in [6.45, 7) is 0. The summed E-state index contributed by atoms with van der Waals surface area (Å²) < 4.78 is 0. The normalized spacial score (nSPS) is 16.8. The lowest BCUT2D eigenvalue weighted by molar-refractivity contribution is -0.115. The van der Waals surface area contributed by atoms with Gasteiger partial charge in [0.25, 0.3) is 5.91 Å². The molecule has 132 valence electrons. The molecule has 1 fully saturated rings. The van der Waals surface area contributed by atoms with Crippen LogP contribution < -0.4 is 5.32 Å². The summed E-state index contributed by atoms with van der Waals surface area (Å²) in [5.41, 5.74) is 1.76. The summed E-state index contributed by atoms with van der Waals surface area (Å²) in [4.78, 5) is 28.3. The van der Waals surface area contributed by atoms with E-state index in [0.29, 0.717) is 10.1 Å². The maximum absolute atomic E-state index is 12.2. The fourth-order valence-corrected chi connectivity index (χ4v) is 3.60. The van der Waals surface area contributed by atoms with Gasteiger partial charge in [-0.1, -0.05) is 48.5 Å². The lowest BCUT2D eigenvalue weighted by atomic mass is 10.1. The summed E-state index contributed by atoms with van der Waals surface area (Å²) in [6, 6.07) is 20.2. The van der Waals surface area contributed by atoms with Gasteiger partial charge in [0.15, 0.2) is 5.17 Å². The Balaban J connectivity index is 1.61. The lowest BCUT2D eigenvalue weighted by Crippen LogP contribution is -2.19. The van der Waals surface area contributed by atoms with Gasteiger partial charge in [0.05, 0.1) is 16.2 Å². The molecule has 5 nitrogen and oxygen atoms in total. The molecule has 1 aliphatic heterocycles. The zero-order valence-corrected chi connectivity index (χ0v) is 14.9. The molecule has 0 aromatic heterocycles. The van der Waals surface area contributed by atoms with E-state index in [9.17, 15) is 9.59 Å². The summed E-state index contributed by atoms with van der Waals surface area (Å²) >= 11 is 1.26. The Kier molecular flexibility index (Phi) is 4.48. The average molecular weight is 374 g/mol. The van der Waals surface area contributed by atoms with E-state index in [2.05, 4.69) is 10.3 Å². The topological polar surface area (TPSA) is 78.8 Å². The monoisotopic (exact) mass is 374 g/mol. The smallest absolute Gasteiger partial charge is 0.335 e. The highest BCUT2D eigenvalue weighted by Gasteiger charge is 2.24. The molecule has 3 aromatic rings. The Morgan fingerprint density at radius 1 is 1.00 bits per heavy atom. The van der Waals surface area contributed by atoms with Crippen molar-refractivity contribution in [2.24, 2.45) is 4.99 Å². The molecule has 3 aromatic carbocycles. The standard InChI is InChI=1S/C21H14N2O3S/c24-19-18(12-13-8-10-15(11-9-13)20(25)26)27-21(23-19)22-17-7-3-5-14-4-1-2-6-16(14)17/h1-12H,(H,25,26)(H,22,23,24)/b18-12-. The molecule has 0 aliphatic carbocycles. The zero-order valence-electron chi connectivity index (χ0n) is 14.0. The number of fused-ring (bicyclic) bond motifs is 1. The molecule has 0 radical (unpaired) electrons.